The average molecular weight is 438 g/mol. The molecule has 1 N–H and O–H groups in total. The van der Waals surface area contributed by atoms with Gasteiger partial charge in [-0.2, -0.15) is 0 Å². The minimum atomic E-state index is -1.30. The molecule has 32 heavy (non-hydrogen) atoms. The van der Waals surface area contributed by atoms with Gasteiger partial charge in [-0.1, -0.05) is 58.0 Å². The van der Waals surface area contributed by atoms with Crippen LogP contribution in [0, 0.1) is 23.2 Å². The molecule has 4 heteroatoms. The van der Waals surface area contributed by atoms with Crippen LogP contribution in [0.15, 0.2) is 41.5 Å². The Bertz CT molecular complexity index is 903. The van der Waals surface area contributed by atoms with E-state index in [0.29, 0.717) is 44.1 Å². The molecule has 1 aliphatic heterocycles. The Labute approximate surface area is 193 Å². The van der Waals surface area contributed by atoms with Crippen LogP contribution in [0.4, 0.5) is 0 Å². The van der Waals surface area contributed by atoms with E-state index in [2.05, 4.69) is 39.8 Å². The molecule has 0 unspecified atom stereocenters. The van der Waals surface area contributed by atoms with Crippen LogP contribution in [0.2, 0.25) is 0 Å². The lowest BCUT2D eigenvalue weighted by Crippen LogP contribution is -2.53. The second kappa shape index (κ2) is 8.78. The number of benzene rings is 1. The third-order valence-corrected chi connectivity index (χ3v) is 8.32. The molecule has 1 saturated carbocycles. The van der Waals surface area contributed by atoms with E-state index in [1.807, 2.05) is 18.2 Å². The van der Waals surface area contributed by atoms with Gasteiger partial charge in [0.1, 0.15) is 5.78 Å². The second-order valence-electron chi connectivity index (χ2n) is 11.3. The van der Waals surface area contributed by atoms with E-state index in [4.69, 9.17) is 0 Å². The number of carbonyl (C=O) groups excluding carboxylic acids is 2. The summed E-state index contributed by atoms with van der Waals surface area (Å²) < 4.78 is 0. The second-order valence-corrected chi connectivity index (χ2v) is 11.3. The number of hydrogen-bond acceptors (Lipinski definition) is 3. The minimum Gasteiger partial charge on any atom is -0.367 e. The molecule has 4 nitrogen and oxygen atoms in total. The fraction of sp³-hybridized carbons (Fsp3) is 0.643. The van der Waals surface area contributed by atoms with E-state index in [9.17, 15) is 14.7 Å². The quantitative estimate of drug-likeness (QED) is 0.698. The predicted molar refractivity (Wildman–Crippen MR) is 127 cm³/mol. The lowest BCUT2D eigenvalue weighted by Gasteiger charge is -2.47. The van der Waals surface area contributed by atoms with Crippen molar-refractivity contribution in [2.75, 3.05) is 6.54 Å². The van der Waals surface area contributed by atoms with Crippen LogP contribution in [0.3, 0.4) is 0 Å². The van der Waals surface area contributed by atoms with E-state index >= 15 is 0 Å². The van der Waals surface area contributed by atoms with Crippen LogP contribution in [-0.4, -0.2) is 34.0 Å². The summed E-state index contributed by atoms with van der Waals surface area (Å²) in [5.74, 6) is 1.13. The SMILES string of the molecule is C[C@H]1CC[C@@H]2CCC3=C(C2(C)C)[C@@](O)(C[C@@H](C)CC(=O)C1)N(CCc1ccccc1)C3=O. The van der Waals surface area contributed by atoms with Crippen LogP contribution in [0.5, 0.6) is 0 Å². The number of Topliss-reactive ketones (excluding diaryl/α,β-unsaturated/α-hetero) is 1. The summed E-state index contributed by atoms with van der Waals surface area (Å²) in [6.45, 7) is 9.20. The lowest BCUT2D eigenvalue weighted by molar-refractivity contribution is -0.147. The first kappa shape index (κ1) is 23.2. The molecular formula is C28H39NO3. The molecule has 0 aromatic heterocycles. The molecule has 2 bridgehead atoms. The Kier molecular flexibility index (Phi) is 6.37. The molecule has 4 rings (SSSR count). The highest BCUT2D eigenvalue weighted by molar-refractivity contribution is 5.99. The van der Waals surface area contributed by atoms with Crippen molar-refractivity contribution in [3.63, 3.8) is 0 Å². The third kappa shape index (κ3) is 4.19. The van der Waals surface area contributed by atoms with E-state index < -0.39 is 5.72 Å². The maximum atomic E-state index is 13.6. The number of hydrogen-bond donors (Lipinski definition) is 1. The van der Waals surface area contributed by atoms with Gasteiger partial charge in [-0.05, 0) is 66.4 Å². The van der Waals surface area contributed by atoms with Crippen LogP contribution >= 0.6 is 0 Å². The Hall–Kier alpha value is -1.94. The molecule has 1 heterocycles. The van der Waals surface area contributed by atoms with Gasteiger partial charge in [-0.3, -0.25) is 9.59 Å². The van der Waals surface area contributed by atoms with Gasteiger partial charge in [0.15, 0.2) is 5.72 Å². The van der Waals surface area contributed by atoms with E-state index in [1.165, 1.54) is 0 Å². The van der Waals surface area contributed by atoms with E-state index in [1.54, 1.807) is 4.90 Å². The third-order valence-electron chi connectivity index (χ3n) is 8.32. The highest BCUT2D eigenvalue weighted by atomic mass is 16.3. The fourth-order valence-corrected chi connectivity index (χ4v) is 6.73. The normalized spacial score (nSPS) is 33.2. The molecule has 1 aromatic carbocycles. The van der Waals surface area contributed by atoms with Gasteiger partial charge < -0.3 is 10.0 Å². The minimum absolute atomic E-state index is 0.00622. The van der Waals surface area contributed by atoms with Crippen LogP contribution in [-0.2, 0) is 16.0 Å². The number of ketones is 1. The molecule has 4 atom stereocenters. The van der Waals surface area contributed by atoms with Crippen molar-refractivity contribution >= 4 is 11.7 Å². The lowest BCUT2D eigenvalue weighted by atomic mass is 9.61. The van der Waals surface area contributed by atoms with Gasteiger partial charge in [0.05, 0.1) is 0 Å². The summed E-state index contributed by atoms with van der Waals surface area (Å²) in [5, 5.41) is 12.3. The highest BCUT2D eigenvalue weighted by Crippen LogP contribution is 2.56. The molecule has 0 spiro atoms. The van der Waals surface area contributed by atoms with Crippen molar-refractivity contribution in [3.05, 3.63) is 47.0 Å². The van der Waals surface area contributed by atoms with Crippen molar-refractivity contribution in [1.82, 2.24) is 4.90 Å². The highest BCUT2D eigenvalue weighted by Gasteiger charge is 2.58. The van der Waals surface area contributed by atoms with Crippen molar-refractivity contribution in [1.29, 1.82) is 0 Å². The molecule has 1 aromatic rings. The van der Waals surface area contributed by atoms with Crippen molar-refractivity contribution in [2.45, 2.75) is 84.8 Å². The molecule has 1 fully saturated rings. The van der Waals surface area contributed by atoms with Gasteiger partial charge in [0.25, 0.3) is 5.91 Å². The zero-order chi connectivity index (χ0) is 23.1. The summed E-state index contributed by atoms with van der Waals surface area (Å²) >= 11 is 0. The van der Waals surface area contributed by atoms with Gasteiger partial charge >= 0.3 is 0 Å². The largest absolute Gasteiger partial charge is 0.367 e. The summed E-state index contributed by atoms with van der Waals surface area (Å²) in [4.78, 5) is 28.1. The van der Waals surface area contributed by atoms with Gasteiger partial charge in [0, 0.05) is 31.4 Å². The smallest absolute Gasteiger partial charge is 0.252 e. The summed E-state index contributed by atoms with van der Waals surface area (Å²) in [6, 6.07) is 10.2. The number of nitrogens with zero attached hydrogens (tertiary/aromatic N) is 1. The number of amides is 1. The van der Waals surface area contributed by atoms with E-state index in [0.717, 1.165) is 42.4 Å². The molecule has 0 saturated heterocycles. The Morgan fingerprint density at radius 1 is 1.00 bits per heavy atom. The van der Waals surface area contributed by atoms with E-state index in [-0.39, 0.29) is 23.0 Å². The Morgan fingerprint density at radius 2 is 1.69 bits per heavy atom. The summed E-state index contributed by atoms with van der Waals surface area (Å²) in [6.07, 6.45) is 6.06. The van der Waals surface area contributed by atoms with Crippen LogP contribution < -0.4 is 0 Å². The molecule has 0 radical (unpaired) electrons. The zero-order valence-corrected chi connectivity index (χ0v) is 20.2. The van der Waals surface area contributed by atoms with Gasteiger partial charge in [0.2, 0.25) is 0 Å². The first-order valence-electron chi connectivity index (χ1n) is 12.5. The van der Waals surface area contributed by atoms with Crippen molar-refractivity contribution < 1.29 is 14.7 Å². The van der Waals surface area contributed by atoms with Crippen LogP contribution in [0.1, 0.15) is 78.2 Å². The molecular weight excluding hydrogens is 398 g/mol. The zero-order valence-electron chi connectivity index (χ0n) is 20.2. The standard InChI is InChI=1S/C28H39NO3/c1-19-10-11-22-12-13-24-25(27(22,3)4)28(32,18-20(2)17-23(30)16-19)29(26(24)31)15-14-21-8-6-5-7-9-21/h5-9,19-20,22,32H,10-18H2,1-4H3/t19-,20-,22+,28-/m0/s1. The molecule has 1 amide bonds. The maximum Gasteiger partial charge on any atom is 0.252 e. The summed E-state index contributed by atoms with van der Waals surface area (Å²) in [7, 11) is 0. The maximum absolute atomic E-state index is 13.6. The van der Waals surface area contributed by atoms with Crippen molar-refractivity contribution in [3.8, 4) is 0 Å². The molecule has 174 valence electrons. The number of carbonyl (C=O) groups is 2. The Morgan fingerprint density at radius 3 is 2.41 bits per heavy atom. The first-order chi connectivity index (χ1) is 15.1. The topological polar surface area (TPSA) is 57.6 Å². The molecule has 3 aliphatic rings. The van der Waals surface area contributed by atoms with Gasteiger partial charge in [-0.25, -0.2) is 0 Å². The number of fused-ring (bicyclic) bond motifs is 1. The van der Waals surface area contributed by atoms with Crippen molar-refractivity contribution in [2.24, 2.45) is 23.2 Å². The predicted octanol–water partition coefficient (Wildman–Crippen LogP) is 5.30. The number of aliphatic hydroxyl groups is 1. The first-order valence-corrected chi connectivity index (χ1v) is 12.5. The number of rotatable bonds is 3. The van der Waals surface area contributed by atoms with Crippen LogP contribution in [0.25, 0.3) is 0 Å². The fourth-order valence-electron chi connectivity index (χ4n) is 6.73. The Balaban J connectivity index is 1.71. The molecule has 2 aliphatic carbocycles. The summed E-state index contributed by atoms with van der Waals surface area (Å²) in [5.41, 5.74) is 1.42. The van der Waals surface area contributed by atoms with Gasteiger partial charge in [-0.15, -0.1) is 0 Å². The monoisotopic (exact) mass is 437 g/mol. The average Bonchev–Trinajstić information content (AvgIpc) is 2.92.